The lowest BCUT2D eigenvalue weighted by atomic mass is 10.2. The second kappa shape index (κ2) is 8.70. The normalized spacial score (nSPS) is 12.2. The van der Waals surface area contributed by atoms with Crippen molar-refractivity contribution in [1.82, 2.24) is 10.6 Å². The third kappa shape index (κ3) is 5.78. The van der Waals surface area contributed by atoms with Gasteiger partial charge in [0, 0.05) is 12.6 Å². The van der Waals surface area contributed by atoms with Crippen LogP contribution in [0, 0.1) is 0 Å². The van der Waals surface area contributed by atoms with Gasteiger partial charge in [-0.1, -0.05) is 42.3 Å². The van der Waals surface area contributed by atoms with Crippen LogP contribution in [0.5, 0.6) is 0 Å². The van der Waals surface area contributed by atoms with Gasteiger partial charge < -0.3 is 10.6 Å². The highest BCUT2D eigenvalue weighted by Crippen LogP contribution is 2.26. The number of amides is 2. The lowest BCUT2D eigenvalue weighted by Crippen LogP contribution is -2.44. The predicted molar refractivity (Wildman–Crippen MR) is 86.4 cm³/mol. The molecule has 21 heavy (non-hydrogen) atoms. The maximum Gasteiger partial charge on any atom is 0.244 e. The van der Waals surface area contributed by atoms with Gasteiger partial charge in [0.2, 0.25) is 11.8 Å². The minimum atomic E-state index is -0.594. The largest absolute Gasteiger partial charge is 0.354 e. The van der Waals surface area contributed by atoms with Crippen LogP contribution in [0.2, 0.25) is 10.0 Å². The monoisotopic (exact) mass is 328 g/mol. The first kappa shape index (κ1) is 17.5. The molecule has 1 aromatic carbocycles. The molecule has 6 heteroatoms. The molecule has 4 nitrogen and oxygen atoms in total. The molecule has 0 saturated heterocycles. The average molecular weight is 329 g/mol. The van der Waals surface area contributed by atoms with Gasteiger partial charge in [0.05, 0.1) is 10.0 Å². The third-order valence-corrected chi connectivity index (χ3v) is 3.53. The first-order valence-corrected chi connectivity index (χ1v) is 7.41. The van der Waals surface area contributed by atoms with Crippen LogP contribution < -0.4 is 10.6 Å². The van der Waals surface area contributed by atoms with Gasteiger partial charge in [-0.2, -0.15) is 0 Å². The van der Waals surface area contributed by atoms with Crippen molar-refractivity contribution >= 4 is 41.1 Å². The Kier molecular flexibility index (Phi) is 7.26. The van der Waals surface area contributed by atoms with E-state index >= 15 is 0 Å². The van der Waals surface area contributed by atoms with E-state index in [4.69, 9.17) is 23.2 Å². The van der Waals surface area contributed by atoms with Crippen molar-refractivity contribution < 1.29 is 9.59 Å². The van der Waals surface area contributed by atoms with Crippen LogP contribution in [0.1, 0.15) is 25.8 Å². The molecule has 0 heterocycles. The van der Waals surface area contributed by atoms with Crippen molar-refractivity contribution in [2.45, 2.75) is 26.3 Å². The van der Waals surface area contributed by atoms with Crippen LogP contribution >= 0.6 is 23.2 Å². The van der Waals surface area contributed by atoms with Gasteiger partial charge in [0.15, 0.2) is 0 Å². The summed E-state index contributed by atoms with van der Waals surface area (Å²) >= 11 is 11.9. The van der Waals surface area contributed by atoms with Crippen LogP contribution in [0.4, 0.5) is 0 Å². The fourth-order valence-corrected chi connectivity index (χ4v) is 1.91. The van der Waals surface area contributed by atoms with E-state index < -0.39 is 6.04 Å². The van der Waals surface area contributed by atoms with Crippen molar-refractivity contribution in [3.05, 3.63) is 39.9 Å². The Morgan fingerprint density at radius 1 is 1.33 bits per heavy atom. The quantitative estimate of drug-likeness (QED) is 0.788. The van der Waals surface area contributed by atoms with Gasteiger partial charge in [0.25, 0.3) is 0 Å². The number of benzene rings is 1. The fourth-order valence-electron chi connectivity index (χ4n) is 1.54. The van der Waals surface area contributed by atoms with E-state index in [9.17, 15) is 9.59 Å². The summed E-state index contributed by atoms with van der Waals surface area (Å²) in [6.07, 6.45) is 3.72. The lowest BCUT2D eigenvalue weighted by molar-refractivity contribution is -0.126. The predicted octanol–water partition coefficient (Wildman–Crippen LogP) is 3.04. The zero-order chi connectivity index (χ0) is 15.8. The molecule has 0 spiro atoms. The molecule has 2 amide bonds. The number of carbonyl (C=O) groups is 2. The first-order valence-electron chi connectivity index (χ1n) is 6.66. The van der Waals surface area contributed by atoms with Crippen molar-refractivity contribution in [1.29, 1.82) is 0 Å². The van der Waals surface area contributed by atoms with Crippen LogP contribution in [-0.4, -0.2) is 24.4 Å². The zero-order valence-electron chi connectivity index (χ0n) is 12.0. The van der Waals surface area contributed by atoms with Gasteiger partial charge in [-0.3, -0.25) is 9.59 Å². The number of halogens is 2. The summed E-state index contributed by atoms with van der Waals surface area (Å²) in [6.45, 7) is 4.18. The minimum absolute atomic E-state index is 0.209. The molecule has 0 aliphatic rings. The van der Waals surface area contributed by atoms with E-state index in [1.54, 1.807) is 31.2 Å². The van der Waals surface area contributed by atoms with E-state index in [0.29, 0.717) is 22.2 Å². The highest BCUT2D eigenvalue weighted by molar-refractivity contribution is 6.42. The average Bonchev–Trinajstić information content (AvgIpc) is 2.46. The number of hydrogen-bond donors (Lipinski definition) is 2. The summed E-state index contributed by atoms with van der Waals surface area (Å²) in [5.41, 5.74) is 0.641. The summed E-state index contributed by atoms with van der Waals surface area (Å²) in [6, 6.07) is 4.56. The maximum atomic E-state index is 11.7. The molecule has 1 atom stereocenters. The summed E-state index contributed by atoms with van der Waals surface area (Å²) in [7, 11) is 0. The Morgan fingerprint density at radius 2 is 2.05 bits per heavy atom. The molecule has 0 bridgehead atoms. The first-order chi connectivity index (χ1) is 9.95. The highest BCUT2D eigenvalue weighted by atomic mass is 35.5. The topological polar surface area (TPSA) is 58.2 Å². The summed E-state index contributed by atoms with van der Waals surface area (Å²) in [4.78, 5) is 23.4. The van der Waals surface area contributed by atoms with Crippen molar-refractivity contribution in [2.75, 3.05) is 6.54 Å². The Morgan fingerprint density at radius 3 is 2.71 bits per heavy atom. The van der Waals surface area contributed by atoms with Gasteiger partial charge in [-0.25, -0.2) is 0 Å². The second-order valence-corrected chi connectivity index (χ2v) is 5.28. The van der Waals surface area contributed by atoms with E-state index in [0.717, 1.165) is 6.42 Å². The molecule has 0 aromatic heterocycles. The second-order valence-electron chi connectivity index (χ2n) is 4.50. The smallest absolute Gasteiger partial charge is 0.244 e. The standard InChI is InChI=1S/C15H18Cl2N2O2/c1-3-9-18-15(21)10(2)19-13(20)8-7-11-5-4-6-12(16)14(11)17/h4-8,10H,3,9H2,1-2H3,(H,18,21)(H,19,20)/b8-7+/t10-/m0/s1. The molecule has 0 unspecified atom stereocenters. The van der Waals surface area contributed by atoms with Gasteiger partial charge in [-0.15, -0.1) is 0 Å². The Balaban J connectivity index is 2.59. The van der Waals surface area contributed by atoms with Crippen LogP contribution in [0.15, 0.2) is 24.3 Å². The molecule has 0 radical (unpaired) electrons. The third-order valence-electron chi connectivity index (χ3n) is 2.70. The number of rotatable bonds is 6. The van der Waals surface area contributed by atoms with Crippen LogP contribution in [0.3, 0.4) is 0 Å². The number of hydrogen-bond acceptors (Lipinski definition) is 2. The van der Waals surface area contributed by atoms with Gasteiger partial charge >= 0.3 is 0 Å². The van der Waals surface area contributed by atoms with E-state index in [1.165, 1.54) is 6.08 Å². The summed E-state index contributed by atoms with van der Waals surface area (Å²) in [5.74, 6) is -0.579. The molecule has 2 N–H and O–H groups in total. The van der Waals surface area contributed by atoms with Crippen LogP contribution in [0.25, 0.3) is 6.08 Å². The zero-order valence-corrected chi connectivity index (χ0v) is 13.5. The molecule has 0 fully saturated rings. The number of carbonyl (C=O) groups excluding carboxylic acids is 2. The molecular formula is C15H18Cl2N2O2. The lowest BCUT2D eigenvalue weighted by Gasteiger charge is -2.12. The molecular weight excluding hydrogens is 311 g/mol. The molecule has 0 saturated carbocycles. The Labute approximate surface area is 134 Å². The summed E-state index contributed by atoms with van der Waals surface area (Å²) < 4.78 is 0. The minimum Gasteiger partial charge on any atom is -0.354 e. The van der Waals surface area contributed by atoms with Gasteiger partial charge in [0.1, 0.15) is 6.04 Å². The summed E-state index contributed by atoms with van der Waals surface area (Å²) in [5, 5.41) is 6.10. The van der Waals surface area contributed by atoms with Crippen LogP contribution in [-0.2, 0) is 9.59 Å². The van der Waals surface area contributed by atoms with E-state index in [2.05, 4.69) is 10.6 Å². The SMILES string of the molecule is CCCNC(=O)[C@H](C)NC(=O)/C=C/c1cccc(Cl)c1Cl. The van der Waals surface area contributed by atoms with Gasteiger partial charge in [-0.05, 0) is 31.1 Å². The van der Waals surface area contributed by atoms with E-state index in [1.807, 2.05) is 6.92 Å². The maximum absolute atomic E-state index is 11.7. The van der Waals surface area contributed by atoms with Crippen molar-refractivity contribution in [2.24, 2.45) is 0 Å². The molecule has 1 rings (SSSR count). The molecule has 114 valence electrons. The fraction of sp³-hybridized carbons (Fsp3) is 0.333. The Bertz CT molecular complexity index is 544. The molecule has 0 aliphatic carbocycles. The highest BCUT2D eigenvalue weighted by Gasteiger charge is 2.13. The van der Waals surface area contributed by atoms with E-state index in [-0.39, 0.29) is 11.8 Å². The van der Waals surface area contributed by atoms with Crippen molar-refractivity contribution in [3.8, 4) is 0 Å². The molecule has 0 aliphatic heterocycles. The molecule has 1 aromatic rings. The number of nitrogens with one attached hydrogen (secondary N) is 2. The Hall–Kier alpha value is -1.52. The van der Waals surface area contributed by atoms with Crippen molar-refractivity contribution in [3.63, 3.8) is 0 Å².